The highest BCUT2D eigenvalue weighted by atomic mass is 16.2. The first-order valence-corrected chi connectivity index (χ1v) is 7.17. The van der Waals surface area contributed by atoms with Crippen molar-refractivity contribution in [3.05, 3.63) is 0 Å². The first-order valence-electron chi connectivity index (χ1n) is 7.17. The summed E-state index contributed by atoms with van der Waals surface area (Å²) in [6.45, 7) is 13.1. The Morgan fingerprint density at radius 2 is 1.58 bits per heavy atom. The van der Waals surface area contributed by atoms with Crippen LogP contribution in [0.4, 0.5) is 0 Å². The van der Waals surface area contributed by atoms with Gasteiger partial charge in [-0.05, 0) is 60.4 Å². The Kier molecular flexibility index (Phi) is 3.28. The Morgan fingerprint density at radius 3 is 2.05 bits per heavy atom. The smallest absolute Gasteiger partial charge is 0.247 e. The van der Waals surface area contributed by atoms with Gasteiger partial charge in [-0.1, -0.05) is 0 Å². The molecule has 0 saturated carbocycles. The highest BCUT2D eigenvalue weighted by Gasteiger charge is 2.52. The molecule has 0 aromatic heterocycles. The van der Waals surface area contributed by atoms with E-state index in [-0.39, 0.29) is 29.3 Å². The van der Waals surface area contributed by atoms with Gasteiger partial charge in [0.2, 0.25) is 11.8 Å². The molecule has 0 radical (unpaired) electrons. The van der Waals surface area contributed by atoms with Crippen molar-refractivity contribution in [3.63, 3.8) is 0 Å². The standard InChI is InChI=1S/C15H26N2O2/c1-14(2,3)16-8-7-10-9-11(18)17(15(4,5)6)13(19)12(10)16/h10,12H,7-9H2,1-6H3. The molecule has 2 atom stereocenters. The van der Waals surface area contributed by atoms with Crippen molar-refractivity contribution in [1.82, 2.24) is 9.80 Å². The van der Waals surface area contributed by atoms with Gasteiger partial charge in [-0.2, -0.15) is 0 Å². The summed E-state index contributed by atoms with van der Waals surface area (Å²) in [5.41, 5.74) is -0.454. The molecular formula is C15H26N2O2. The van der Waals surface area contributed by atoms with Crippen LogP contribution < -0.4 is 0 Å². The lowest BCUT2D eigenvalue weighted by atomic mass is 9.87. The molecular weight excluding hydrogens is 240 g/mol. The van der Waals surface area contributed by atoms with Gasteiger partial charge in [0.05, 0.1) is 6.04 Å². The maximum Gasteiger partial charge on any atom is 0.247 e. The van der Waals surface area contributed by atoms with Crippen molar-refractivity contribution in [2.24, 2.45) is 5.92 Å². The summed E-state index contributed by atoms with van der Waals surface area (Å²) >= 11 is 0. The summed E-state index contributed by atoms with van der Waals surface area (Å²) in [6, 6.07) is -0.114. The molecule has 2 saturated heterocycles. The first kappa shape index (κ1) is 14.5. The third kappa shape index (κ3) is 2.42. The van der Waals surface area contributed by atoms with Crippen LogP contribution in [-0.4, -0.2) is 45.3 Å². The lowest BCUT2D eigenvalue weighted by Gasteiger charge is -2.45. The van der Waals surface area contributed by atoms with Crippen molar-refractivity contribution in [2.75, 3.05) is 6.54 Å². The zero-order valence-electron chi connectivity index (χ0n) is 13.0. The maximum absolute atomic E-state index is 12.8. The fourth-order valence-corrected chi connectivity index (χ4v) is 3.43. The van der Waals surface area contributed by atoms with Gasteiger partial charge >= 0.3 is 0 Å². The Bertz CT molecular complexity index is 403. The fraction of sp³-hybridized carbons (Fsp3) is 0.867. The van der Waals surface area contributed by atoms with Crippen LogP contribution >= 0.6 is 0 Å². The molecule has 0 aliphatic carbocycles. The van der Waals surface area contributed by atoms with Crippen LogP contribution in [0.5, 0.6) is 0 Å². The second kappa shape index (κ2) is 4.30. The molecule has 108 valence electrons. The molecule has 2 amide bonds. The molecule has 0 spiro atoms. The molecule has 2 aliphatic heterocycles. The summed E-state index contributed by atoms with van der Waals surface area (Å²) in [5, 5.41) is 0. The Labute approximate surface area is 116 Å². The van der Waals surface area contributed by atoms with Crippen molar-refractivity contribution in [3.8, 4) is 0 Å². The van der Waals surface area contributed by atoms with Gasteiger partial charge in [-0.3, -0.25) is 19.4 Å². The molecule has 0 aromatic carbocycles. The number of hydrogen-bond donors (Lipinski definition) is 0. The number of rotatable bonds is 0. The second-order valence-corrected chi connectivity index (χ2v) is 7.80. The third-order valence-electron chi connectivity index (χ3n) is 4.22. The molecule has 0 aromatic rings. The number of carbonyl (C=O) groups is 2. The van der Waals surface area contributed by atoms with Crippen molar-refractivity contribution < 1.29 is 9.59 Å². The molecule has 2 aliphatic rings. The quantitative estimate of drug-likeness (QED) is 0.630. The zero-order valence-corrected chi connectivity index (χ0v) is 13.0. The van der Waals surface area contributed by atoms with E-state index in [2.05, 4.69) is 25.7 Å². The molecule has 4 heteroatoms. The van der Waals surface area contributed by atoms with E-state index < -0.39 is 5.54 Å². The summed E-state index contributed by atoms with van der Waals surface area (Å²) < 4.78 is 0. The van der Waals surface area contributed by atoms with Gasteiger partial charge < -0.3 is 0 Å². The van der Waals surface area contributed by atoms with Crippen molar-refractivity contribution in [1.29, 1.82) is 0 Å². The number of likely N-dealkylation sites (tertiary alicyclic amines) is 2. The second-order valence-electron chi connectivity index (χ2n) is 7.80. The fourth-order valence-electron chi connectivity index (χ4n) is 3.43. The lowest BCUT2D eigenvalue weighted by Crippen LogP contribution is -2.62. The number of fused-ring (bicyclic) bond motifs is 1. The highest BCUT2D eigenvalue weighted by Crippen LogP contribution is 2.38. The monoisotopic (exact) mass is 266 g/mol. The van der Waals surface area contributed by atoms with E-state index in [0.717, 1.165) is 13.0 Å². The molecule has 2 fully saturated rings. The van der Waals surface area contributed by atoms with Crippen LogP contribution in [0.25, 0.3) is 0 Å². The minimum Gasteiger partial charge on any atom is -0.287 e. The lowest BCUT2D eigenvalue weighted by molar-refractivity contribution is -0.161. The van der Waals surface area contributed by atoms with Crippen LogP contribution in [0.3, 0.4) is 0 Å². The van der Waals surface area contributed by atoms with Crippen LogP contribution in [0, 0.1) is 5.92 Å². The molecule has 4 nitrogen and oxygen atoms in total. The van der Waals surface area contributed by atoms with Crippen LogP contribution in [0.15, 0.2) is 0 Å². The largest absolute Gasteiger partial charge is 0.287 e. The molecule has 0 bridgehead atoms. The Balaban J connectivity index is 2.33. The molecule has 2 rings (SSSR count). The number of amides is 2. The van der Waals surface area contributed by atoms with Crippen LogP contribution in [-0.2, 0) is 9.59 Å². The summed E-state index contributed by atoms with van der Waals surface area (Å²) in [6.07, 6.45) is 1.47. The van der Waals surface area contributed by atoms with Crippen molar-refractivity contribution in [2.45, 2.75) is 71.5 Å². The Hall–Kier alpha value is -0.900. The van der Waals surface area contributed by atoms with E-state index in [1.54, 1.807) is 0 Å². The molecule has 2 unspecified atom stereocenters. The number of carbonyl (C=O) groups excluding carboxylic acids is 2. The van der Waals surface area contributed by atoms with Crippen LogP contribution in [0.2, 0.25) is 0 Å². The van der Waals surface area contributed by atoms with E-state index in [1.807, 2.05) is 20.8 Å². The topological polar surface area (TPSA) is 40.6 Å². The van der Waals surface area contributed by atoms with Gasteiger partial charge in [0.1, 0.15) is 0 Å². The van der Waals surface area contributed by atoms with Gasteiger partial charge in [0.15, 0.2) is 0 Å². The summed E-state index contributed by atoms with van der Waals surface area (Å²) in [7, 11) is 0. The number of imide groups is 1. The van der Waals surface area contributed by atoms with E-state index in [9.17, 15) is 9.59 Å². The molecule has 19 heavy (non-hydrogen) atoms. The zero-order chi connectivity index (χ0) is 14.6. The van der Waals surface area contributed by atoms with E-state index in [4.69, 9.17) is 0 Å². The van der Waals surface area contributed by atoms with E-state index in [0.29, 0.717) is 6.42 Å². The van der Waals surface area contributed by atoms with Gasteiger partial charge in [-0.15, -0.1) is 0 Å². The van der Waals surface area contributed by atoms with Gasteiger partial charge in [0.25, 0.3) is 0 Å². The average Bonchev–Trinajstić information content (AvgIpc) is 2.57. The van der Waals surface area contributed by atoms with Crippen molar-refractivity contribution >= 4 is 11.8 Å². The van der Waals surface area contributed by atoms with Gasteiger partial charge in [0, 0.05) is 17.5 Å². The normalized spacial score (nSPS) is 29.9. The number of hydrogen-bond acceptors (Lipinski definition) is 3. The maximum atomic E-state index is 12.8. The number of nitrogens with zero attached hydrogens (tertiary/aromatic N) is 2. The summed E-state index contributed by atoms with van der Waals surface area (Å²) in [4.78, 5) is 28.8. The first-order chi connectivity index (χ1) is 8.53. The molecule has 0 N–H and O–H groups in total. The van der Waals surface area contributed by atoms with Gasteiger partial charge in [-0.25, -0.2) is 0 Å². The number of piperidine rings is 1. The average molecular weight is 266 g/mol. The Morgan fingerprint density at radius 1 is 1.00 bits per heavy atom. The molecule has 2 heterocycles. The predicted molar refractivity (Wildman–Crippen MR) is 74.6 cm³/mol. The summed E-state index contributed by atoms with van der Waals surface area (Å²) in [5.74, 6) is 0.202. The minimum absolute atomic E-state index is 0.00109. The minimum atomic E-state index is -0.425. The van der Waals surface area contributed by atoms with E-state index >= 15 is 0 Å². The van der Waals surface area contributed by atoms with E-state index in [1.165, 1.54) is 4.90 Å². The SMILES string of the molecule is CC(C)(C)N1C(=O)CC2CCN(C(C)(C)C)C2C1=O. The van der Waals surface area contributed by atoms with Crippen LogP contribution in [0.1, 0.15) is 54.4 Å². The predicted octanol–water partition coefficient (Wildman–Crippen LogP) is 2.03. The highest BCUT2D eigenvalue weighted by molar-refractivity contribution is 6.01. The third-order valence-corrected chi connectivity index (χ3v) is 4.22.